The molecule has 0 bridgehead atoms. The number of aromatic nitrogens is 3. The van der Waals surface area contributed by atoms with Crippen LogP contribution in [0.2, 0.25) is 0 Å². The van der Waals surface area contributed by atoms with E-state index < -0.39 is 29.3 Å². The number of ether oxygens (including phenoxy) is 2. The van der Waals surface area contributed by atoms with Gasteiger partial charge in [0.25, 0.3) is 0 Å². The van der Waals surface area contributed by atoms with E-state index in [9.17, 15) is 24.3 Å². The number of nitrogens with zero attached hydrogens (tertiary/aromatic N) is 3. The number of esters is 2. The van der Waals surface area contributed by atoms with Crippen LogP contribution in [0.3, 0.4) is 0 Å². The lowest BCUT2D eigenvalue weighted by molar-refractivity contribution is -0.146. The van der Waals surface area contributed by atoms with E-state index >= 15 is 0 Å². The first kappa shape index (κ1) is 27.0. The van der Waals surface area contributed by atoms with Gasteiger partial charge in [-0.05, 0) is 12.5 Å². The average Bonchev–Trinajstić information content (AvgIpc) is 2.80. The van der Waals surface area contributed by atoms with E-state index in [1.807, 2.05) is 0 Å². The summed E-state index contributed by atoms with van der Waals surface area (Å²) in [6.07, 6.45) is 1.09. The third kappa shape index (κ3) is 7.92. The summed E-state index contributed by atoms with van der Waals surface area (Å²) in [4.78, 5) is 59.6. The molecule has 0 aliphatic heterocycles. The Kier molecular flexibility index (Phi) is 9.04. The lowest BCUT2D eigenvalue weighted by Gasteiger charge is -2.16. The van der Waals surface area contributed by atoms with Gasteiger partial charge in [-0.1, -0.05) is 32.6 Å². The average molecular weight is 485 g/mol. The number of carbonyl (C=O) groups is 4. The second-order valence-corrected chi connectivity index (χ2v) is 8.41. The number of hydrogen-bond acceptors (Lipinski definition) is 10. The highest BCUT2D eigenvalue weighted by molar-refractivity contribution is 5.94. The predicted octanol–water partition coefficient (Wildman–Crippen LogP) is 1.07. The summed E-state index contributed by atoms with van der Waals surface area (Å²) >= 11 is 0. The van der Waals surface area contributed by atoms with E-state index in [0.29, 0.717) is 5.56 Å². The lowest BCUT2D eigenvalue weighted by Crippen LogP contribution is -2.41. The van der Waals surface area contributed by atoms with Gasteiger partial charge in [0.1, 0.15) is 6.04 Å². The first-order chi connectivity index (χ1) is 16.4. The highest BCUT2D eigenvalue weighted by Gasteiger charge is 2.23. The largest absolute Gasteiger partial charge is 0.493 e. The molecule has 12 heteroatoms. The number of anilines is 1. The van der Waals surface area contributed by atoms with Crippen LogP contribution in [-0.2, 0) is 28.7 Å². The summed E-state index contributed by atoms with van der Waals surface area (Å²) < 4.78 is 9.17. The molecule has 0 aliphatic rings. The van der Waals surface area contributed by atoms with Crippen LogP contribution < -0.4 is 10.6 Å². The molecule has 0 spiro atoms. The Morgan fingerprint density at radius 3 is 2.49 bits per heavy atom. The number of nitrogens with one attached hydrogen (secondary N) is 2. The zero-order valence-electron chi connectivity index (χ0n) is 20.1. The first-order valence-corrected chi connectivity index (χ1v) is 10.6. The Morgan fingerprint density at radius 1 is 1.14 bits per heavy atom. The number of methoxy groups -OCH3 is 2. The predicted molar refractivity (Wildman–Crippen MR) is 124 cm³/mol. The van der Waals surface area contributed by atoms with Crippen molar-refractivity contribution in [3.05, 3.63) is 17.8 Å². The zero-order chi connectivity index (χ0) is 26.2. The fourth-order valence-electron chi connectivity index (χ4n) is 2.64. The zero-order valence-corrected chi connectivity index (χ0v) is 20.1. The highest BCUT2D eigenvalue weighted by atomic mass is 16.5. The molecule has 2 heterocycles. The van der Waals surface area contributed by atoms with Crippen LogP contribution in [0.5, 0.6) is 5.88 Å². The number of pyridine rings is 1. The van der Waals surface area contributed by atoms with Crippen molar-refractivity contribution in [2.75, 3.05) is 19.5 Å². The van der Waals surface area contributed by atoms with Crippen molar-refractivity contribution >= 4 is 40.7 Å². The van der Waals surface area contributed by atoms with Gasteiger partial charge in [0, 0.05) is 23.6 Å². The molecule has 0 radical (unpaired) electrons. The molecular weight excluding hydrogens is 458 g/mol. The summed E-state index contributed by atoms with van der Waals surface area (Å²) in [7, 11) is 2.40. The maximum absolute atomic E-state index is 12.2. The number of hydrogen-bond donors (Lipinski definition) is 3. The Labute approximate surface area is 201 Å². The Morgan fingerprint density at radius 2 is 1.86 bits per heavy atom. The number of amides is 2. The molecular formula is C23H27N5O7. The molecule has 0 saturated heterocycles. The van der Waals surface area contributed by atoms with E-state index in [1.165, 1.54) is 26.5 Å². The highest BCUT2D eigenvalue weighted by Crippen LogP contribution is 2.23. The number of aromatic hydroxyl groups is 1. The van der Waals surface area contributed by atoms with Crippen LogP contribution in [0.1, 0.15) is 45.6 Å². The Hall–Kier alpha value is -4.27. The molecule has 2 amide bonds. The minimum atomic E-state index is -1.02. The van der Waals surface area contributed by atoms with Gasteiger partial charge in [-0.15, -0.1) is 0 Å². The van der Waals surface area contributed by atoms with E-state index in [1.54, 1.807) is 20.8 Å². The maximum Gasteiger partial charge on any atom is 0.328 e. The molecule has 35 heavy (non-hydrogen) atoms. The monoisotopic (exact) mass is 485 g/mol. The van der Waals surface area contributed by atoms with Gasteiger partial charge in [-0.3, -0.25) is 19.7 Å². The minimum Gasteiger partial charge on any atom is -0.493 e. The second kappa shape index (κ2) is 11.7. The summed E-state index contributed by atoms with van der Waals surface area (Å²) in [6, 6.07) is 0.476. The van der Waals surface area contributed by atoms with E-state index in [4.69, 9.17) is 0 Å². The van der Waals surface area contributed by atoms with Gasteiger partial charge in [0.2, 0.25) is 23.6 Å². The van der Waals surface area contributed by atoms with Crippen molar-refractivity contribution in [1.29, 1.82) is 0 Å². The normalized spacial score (nSPS) is 11.6. The third-order valence-corrected chi connectivity index (χ3v) is 4.61. The molecule has 186 valence electrons. The molecule has 0 fully saturated rings. The van der Waals surface area contributed by atoms with Crippen molar-refractivity contribution in [2.24, 2.45) is 5.41 Å². The molecule has 3 N–H and O–H groups in total. The van der Waals surface area contributed by atoms with Crippen LogP contribution in [0.15, 0.2) is 12.3 Å². The molecule has 0 unspecified atom stereocenters. The number of fused-ring (bicyclic) bond motifs is 1. The van der Waals surface area contributed by atoms with Gasteiger partial charge in [0.15, 0.2) is 5.65 Å². The fourth-order valence-corrected chi connectivity index (χ4v) is 2.64. The molecule has 2 aromatic heterocycles. The quantitative estimate of drug-likeness (QED) is 0.381. The van der Waals surface area contributed by atoms with Gasteiger partial charge in [-0.2, -0.15) is 9.97 Å². The Bertz CT molecular complexity index is 1190. The summed E-state index contributed by atoms with van der Waals surface area (Å²) in [5.74, 6) is 2.84. The Balaban J connectivity index is 2.08. The van der Waals surface area contributed by atoms with Gasteiger partial charge < -0.3 is 19.9 Å². The van der Waals surface area contributed by atoms with Crippen LogP contribution in [0, 0.1) is 17.3 Å². The molecule has 0 saturated carbocycles. The van der Waals surface area contributed by atoms with Crippen molar-refractivity contribution in [3.8, 4) is 17.7 Å². The molecule has 1 atom stereocenters. The van der Waals surface area contributed by atoms with Crippen molar-refractivity contribution < 1.29 is 33.8 Å². The van der Waals surface area contributed by atoms with Gasteiger partial charge in [-0.25, -0.2) is 9.78 Å². The van der Waals surface area contributed by atoms with Gasteiger partial charge in [0.05, 0.1) is 26.0 Å². The lowest BCUT2D eigenvalue weighted by atomic mass is 9.96. The molecule has 0 aliphatic carbocycles. The van der Waals surface area contributed by atoms with Crippen molar-refractivity contribution in [2.45, 2.75) is 46.1 Å². The fraction of sp³-hybridized carbons (Fsp3) is 0.435. The third-order valence-electron chi connectivity index (χ3n) is 4.61. The smallest absolute Gasteiger partial charge is 0.328 e. The maximum atomic E-state index is 12.2. The molecule has 12 nitrogen and oxygen atoms in total. The standard InChI is InChI=1S/C23H27N5O7/c1-23(2,3)21(33)28-22-26-18-14(19(31)27-22)11-13(12-24-18)7-6-8-16(29)25-15(20(32)35-5)9-10-17(30)34-4/h11-12,15H,8-10H2,1-5H3,(H,25,29)(H2,24,26,27,28,31,33)/t15-/m1/s1. The summed E-state index contributed by atoms with van der Waals surface area (Å²) in [5.41, 5.74) is -0.145. The number of carbonyl (C=O) groups excluding carboxylic acids is 4. The van der Waals surface area contributed by atoms with Crippen LogP contribution >= 0.6 is 0 Å². The number of rotatable bonds is 7. The van der Waals surface area contributed by atoms with Gasteiger partial charge >= 0.3 is 11.9 Å². The van der Waals surface area contributed by atoms with E-state index in [2.05, 4.69) is 46.9 Å². The molecule has 2 rings (SSSR count). The minimum absolute atomic E-state index is 0.0184. The molecule has 2 aromatic rings. The van der Waals surface area contributed by atoms with Crippen LogP contribution in [0.4, 0.5) is 5.95 Å². The molecule has 0 aromatic carbocycles. The van der Waals surface area contributed by atoms with Crippen molar-refractivity contribution in [3.63, 3.8) is 0 Å². The van der Waals surface area contributed by atoms with Crippen molar-refractivity contribution in [1.82, 2.24) is 20.3 Å². The summed E-state index contributed by atoms with van der Waals surface area (Å²) in [6.45, 7) is 5.18. The van der Waals surface area contributed by atoms with E-state index in [-0.39, 0.29) is 48.0 Å². The second-order valence-electron chi connectivity index (χ2n) is 8.41. The first-order valence-electron chi connectivity index (χ1n) is 10.6. The summed E-state index contributed by atoms with van der Waals surface area (Å²) in [5, 5.41) is 15.5. The SMILES string of the molecule is COC(=O)CC[C@@H](NC(=O)CC#Cc1cnc2nc(NC(=O)C(C)(C)C)nc(O)c2c1)C(=O)OC. The van der Waals surface area contributed by atoms with Crippen LogP contribution in [-0.4, -0.2) is 64.1 Å². The van der Waals surface area contributed by atoms with E-state index in [0.717, 1.165) is 0 Å². The van der Waals surface area contributed by atoms with Crippen LogP contribution in [0.25, 0.3) is 11.0 Å². The topological polar surface area (TPSA) is 170 Å².